The third-order valence-corrected chi connectivity index (χ3v) is 6.12. The van der Waals surface area contributed by atoms with Crippen molar-refractivity contribution < 1.29 is 17.9 Å². The molecule has 0 aromatic heterocycles. The molecule has 0 spiro atoms. The maximum absolute atomic E-state index is 12.3. The van der Waals surface area contributed by atoms with Gasteiger partial charge in [0.25, 0.3) is 0 Å². The first kappa shape index (κ1) is 22.7. The number of nitrogens with zero attached hydrogens (tertiary/aromatic N) is 3. The van der Waals surface area contributed by atoms with Crippen LogP contribution < -0.4 is 14.4 Å². The maximum atomic E-state index is 12.3. The van der Waals surface area contributed by atoms with Crippen molar-refractivity contribution in [2.45, 2.75) is 6.42 Å². The molecule has 1 N–H and O–H groups in total. The number of likely N-dealkylation sites (N-methyl/N-ethyl adjacent to an activating group) is 1. The molecule has 0 bridgehead atoms. The average Bonchev–Trinajstić information content (AvgIpc) is 2.64. The van der Waals surface area contributed by atoms with E-state index in [9.17, 15) is 13.2 Å². The van der Waals surface area contributed by atoms with Gasteiger partial charge in [0, 0.05) is 32.7 Å². The van der Waals surface area contributed by atoms with E-state index in [4.69, 9.17) is 16.3 Å². The number of nitrogens with one attached hydrogen (secondary N) is 1. The van der Waals surface area contributed by atoms with Crippen molar-refractivity contribution in [1.29, 1.82) is 0 Å². The number of benzene rings is 1. The molecule has 0 aliphatic carbocycles. The Morgan fingerprint density at radius 1 is 1.29 bits per heavy atom. The van der Waals surface area contributed by atoms with Crippen LogP contribution in [-0.2, 0) is 14.8 Å². The number of hydrogen-bond acceptors (Lipinski definition) is 6. The van der Waals surface area contributed by atoms with E-state index in [1.165, 1.54) is 13.2 Å². The van der Waals surface area contributed by atoms with Crippen LogP contribution in [0.25, 0.3) is 0 Å². The molecule has 1 aromatic rings. The highest BCUT2D eigenvalue weighted by atomic mass is 35.5. The number of amides is 1. The molecular weight excluding hydrogens is 404 g/mol. The fourth-order valence-corrected chi connectivity index (χ4v) is 4.10. The number of halogens is 1. The summed E-state index contributed by atoms with van der Waals surface area (Å²) in [5, 5.41) is 3.08. The number of piperazine rings is 1. The van der Waals surface area contributed by atoms with E-state index in [0.717, 1.165) is 49.7 Å². The van der Waals surface area contributed by atoms with Crippen LogP contribution in [-0.4, -0.2) is 90.4 Å². The largest absolute Gasteiger partial charge is 0.495 e. The molecule has 1 aliphatic rings. The van der Waals surface area contributed by atoms with Gasteiger partial charge in [-0.25, -0.2) is 8.42 Å². The van der Waals surface area contributed by atoms with Crippen molar-refractivity contribution in [3.05, 3.63) is 23.2 Å². The average molecular weight is 433 g/mol. The second kappa shape index (κ2) is 10.3. The molecule has 28 heavy (non-hydrogen) atoms. The van der Waals surface area contributed by atoms with Gasteiger partial charge in [0.05, 0.1) is 24.1 Å². The van der Waals surface area contributed by atoms with E-state index in [-0.39, 0.29) is 17.5 Å². The van der Waals surface area contributed by atoms with Gasteiger partial charge >= 0.3 is 0 Å². The van der Waals surface area contributed by atoms with Crippen molar-refractivity contribution in [2.24, 2.45) is 0 Å². The van der Waals surface area contributed by atoms with E-state index >= 15 is 0 Å². The van der Waals surface area contributed by atoms with Crippen molar-refractivity contribution in [1.82, 2.24) is 15.1 Å². The Hall–Kier alpha value is -1.55. The lowest BCUT2D eigenvalue weighted by atomic mass is 10.3. The summed E-state index contributed by atoms with van der Waals surface area (Å²) in [4.78, 5) is 16.9. The number of carbonyl (C=O) groups is 1. The molecular formula is C18H29ClN4O4S. The number of ether oxygens (including phenoxy) is 1. The molecule has 0 radical (unpaired) electrons. The minimum atomic E-state index is -3.64. The van der Waals surface area contributed by atoms with Gasteiger partial charge < -0.3 is 19.9 Å². The molecule has 1 aromatic carbocycles. The molecule has 1 fully saturated rings. The van der Waals surface area contributed by atoms with E-state index in [0.29, 0.717) is 18.0 Å². The van der Waals surface area contributed by atoms with Crippen molar-refractivity contribution >= 4 is 33.2 Å². The van der Waals surface area contributed by atoms with Gasteiger partial charge in [0.1, 0.15) is 12.3 Å². The first-order chi connectivity index (χ1) is 13.2. The Morgan fingerprint density at radius 3 is 2.54 bits per heavy atom. The zero-order chi connectivity index (χ0) is 20.7. The first-order valence-corrected chi connectivity index (χ1v) is 11.4. The Balaban J connectivity index is 1.87. The highest BCUT2D eigenvalue weighted by Gasteiger charge is 2.22. The van der Waals surface area contributed by atoms with Crippen LogP contribution in [0.2, 0.25) is 5.02 Å². The monoisotopic (exact) mass is 432 g/mol. The summed E-state index contributed by atoms with van der Waals surface area (Å²) in [5.41, 5.74) is 0.320. The minimum Gasteiger partial charge on any atom is -0.495 e. The fourth-order valence-electron chi connectivity index (χ4n) is 3.00. The lowest BCUT2D eigenvalue weighted by molar-refractivity contribution is -0.119. The molecule has 1 aliphatic heterocycles. The molecule has 0 atom stereocenters. The highest BCUT2D eigenvalue weighted by Crippen LogP contribution is 2.30. The molecule has 1 saturated heterocycles. The van der Waals surface area contributed by atoms with Crippen molar-refractivity contribution in [3.8, 4) is 5.75 Å². The highest BCUT2D eigenvalue weighted by molar-refractivity contribution is 7.92. The number of carbonyl (C=O) groups excluding carboxylic acids is 1. The molecule has 0 saturated carbocycles. The van der Waals surface area contributed by atoms with Gasteiger partial charge in [-0.15, -0.1) is 0 Å². The third-order valence-electron chi connectivity index (χ3n) is 4.68. The van der Waals surface area contributed by atoms with Crippen LogP contribution in [0.4, 0.5) is 5.69 Å². The third kappa shape index (κ3) is 6.80. The quantitative estimate of drug-likeness (QED) is 0.583. The Bertz CT molecular complexity index is 767. The summed E-state index contributed by atoms with van der Waals surface area (Å²) in [5.74, 6) is 0.0861. The number of anilines is 1. The van der Waals surface area contributed by atoms with Crippen LogP contribution in [0.5, 0.6) is 5.75 Å². The van der Waals surface area contributed by atoms with Crippen molar-refractivity contribution in [2.75, 3.05) is 70.5 Å². The van der Waals surface area contributed by atoms with Gasteiger partial charge in [0.2, 0.25) is 15.9 Å². The van der Waals surface area contributed by atoms with Crippen LogP contribution in [0.3, 0.4) is 0 Å². The number of methoxy groups -OCH3 is 1. The summed E-state index contributed by atoms with van der Waals surface area (Å²) < 4.78 is 30.4. The lowest BCUT2D eigenvalue weighted by Gasteiger charge is -2.32. The van der Waals surface area contributed by atoms with E-state index in [2.05, 4.69) is 22.2 Å². The van der Waals surface area contributed by atoms with E-state index in [1.807, 2.05) is 0 Å². The zero-order valence-electron chi connectivity index (χ0n) is 16.6. The Morgan fingerprint density at radius 2 is 1.96 bits per heavy atom. The summed E-state index contributed by atoms with van der Waals surface area (Å²) >= 11 is 6.09. The van der Waals surface area contributed by atoms with Crippen LogP contribution in [0, 0.1) is 0 Å². The molecule has 1 heterocycles. The molecule has 8 nitrogen and oxygen atoms in total. The summed E-state index contributed by atoms with van der Waals surface area (Å²) in [6, 6.07) is 4.61. The predicted octanol–water partition coefficient (Wildman–Crippen LogP) is 0.868. The predicted molar refractivity (Wildman–Crippen MR) is 112 cm³/mol. The molecule has 1 amide bonds. The van der Waals surface area contributed by atoms with Gasteiger partial charge in [0.15, 0.2) is 0 Å². The maximum Gasteiger partial charge on any atom is 0.240 e. The van der Waals surface area contributed by atoms with Gasteiger partial charge in [-0.1, -0.05) is 11.6 Å². The summed E-state index contributed by atoms with van der Waals surface area (Å²) in [7, 11) is -0.0530. The SMILES string of the molecule is COc1ccc(N(CC(=O)NCCCN2CCN(C)CC2)S(C)(=O)=O)cc1Cl. The van der Waals surface area contributed by atoms with E-state index in [1.54, 1.807) is 12.1 Å². The fraction of sp³-hybridized carbons (Fsp3) is 0.611. The van der Waals surface area contributed by atoms with Crippen LogP contribution in [0.15, 0.2) is 18.2 Å². The second-order valence-electron chi connectivity index (χ2n) is 6.94. The smallest absolute Gasteiger partial charge is 0.240 e. The molecule has 10 heteroatoms. The number of hydrogen-bond donors (Lipinski definition) is 1. The molecule has 0 unspecified atom stereocenters. The first-order valence-electron chi connectivity index (χ1n) is 9.19. The molecule has 158 valence electrons. The van der Waals surface area contributed by atoms with E-state index < -0.39 is 10.0 Å². The standard InChI is InChI=1S/C18H29ClN4O4S/c1-21-9-11-22(12-10-21)8-4-7-20-18(24)14-23(28(3,25)26)15-5-6-17(27-2)16(19)13-15/h5-6,13H,4,7-12,14H2,1-3H3,(H,20,24). The normalized spacial score (nSPS) is 16.0. The lowest BCUT2D eigenvalue weighted by Crippen LogP contribution is -2.45. The summed E-state index contributed by atoms with van der Waals surface area (Å²) in [6.45, 7) is 5.30. The van der Waals surface area contributed by atoms with Crippen LogP contribution in [0.1, 0.15) is 6.42 Å². The van der Waals surface area contributed by atoms with Crippen LogP contribution >= 0.6 is 11.6 Å². The van der Waals surface area contributed by atoms with Crippen molar-refractivity contribution in [3.63, 3.8) is 0 Å². The Kier molecular flexibility index (Phi) is 8.36. The van der Waals surface area contributed by atoms with Gasteiger partial charge in [-0.2, -0.15) is 0 Å². The topological polar surface area (TPSA) is 82.2 Å². The zero-order valence-corrected chi connectivity index (χ0v) is 18.2. The van der Waals surface area contributed by atoms with Gasteiger partial charge in [-0.05, 0) is 38.2 Å². The minimum absolute atomic E-state index is 0.279. The number of rotatable bonds is 9. The van der Waals surface area contributed by atoms with Gasteiger partial charge in [-0.3, -0.25) is 9.10 Å². The second-order valence-corrected chi connectivity index (χ2v) is 9.25. The number of sulfonamides is 1. The molecule has 2 rings (SSSR count). The summed E-state index contributed by atoms with van der Waals surface area (Å²) in [6.07, 6.45) is 1.88. The Labute approximate surface area is 172 Å².